The molecule has 124 valence electrons. The fourth-order valence-corrected chi connectivity index (χ4v) is 2.86. The number of benzene rings is 1. The molecule has 0 atom stereocenters. The van der Waals surface area contributed by atoms with Crippen molar-refractivity contribution in [1.82, 2.24) is 19.7 Å². The van der Waals surface area contributed by atoms with Crippen molar-refractivity contribution >= 4 is 16.6 Å². The first-order valence-electron chi connectivity index (χ1n) is 8.16. The zero-order valence-corrected chi connectivity index (χ0v) is 14.5. The quantitative estimate of drug-likeness (QED) is 0.573. The van der Waals surface area contributed by atoms with Crippen LogP contribution in [0.2, 0.25) is 0 Å². The highest BCUT2D eigenvalue weighted by molar-refractivity contribution is 5.85. The first-order valence-corrected chi connectivity index (χ1v) is 8.16. The largest absolute Gasteiger partial charge is 0.376 e. The standard InChI is InChI=1S/C20H19N5/c1-14-5-4-6-20(23-14)25-19-10-15(7-8-16(19)12-22-25)17-9-18(24(2)3)13-21-11-17/h4-13H,1-3H3. The van der Waals surface area contributed by atoms with E-state index in [1.54, 1.807) is 0 Å². The lowest BCUT2D eigenvalue weighted by molar-refractivity contribution is 0.867. The number of pyridine rings is 2. The molecule has 5 heteroatoms. The van der Waals surface area contributed by atoms with E-state index in [4.69, 9.17) is 0 Å². The van der Waals surface area contributed by atoms with Crippen LogP contribution in [0.25, 0.3) is 27.8 Å². The van der Waals surface area contributed by atoms with Crippen molar-refractivity contribution in [2.24, 2.45) is 0 Å². The normalized spacial score (nSPS) is 11.0. The molecule has 5 nitrogen and oxygen atoms in total. The Morgan fingerprint density at radius 1 is 0.920 bits per heavy atom. The molecule has 1 aromatic carbocycles. The predicted octanol–water partition coefficient (Wildman–Crippen LogP) is 3.86. The number of fused-ring (bicyclic) bond motifs is 1. The Labute approximate surface area is 146 Å². The highest BCUT2D eigenvalue weighted by Gasteiger charge is 2.09. The number of rotatable bonds is 3. The molecule has 0 bridgehead atoms. The summed E-state index contributed by atoms with van der Waals surface area (Å²) >= 11 is 0. The smallest absolute Gasteiger partial charge is 0.154 e. The molecule has 0 fully saturated rings. The van der Waals surface area contributed by atoms with E-state index < -0.39 is 0 Å². The minimum Gasteiger partial charge on any atom is -0.376 e. The average Bonchev–Trinajstić information content (AvgIpc) is 3.05. The molecule has 0 amide bonds. The van der Waals surface area contributed by atoms with Gasteiger partial charge in [0.05, 0.1) is 23.6 Å². The summed E-state index contributed by atoms with van der Waals surface area (Å²) in [5.74, 6) is 0.826. The molecule has 0 saturated carbocycles. The molecule has 0 unspecified atom stereocenters. The Morgan fingerprint density at radius 2 is 1.80 bits per heavy atom. The van der Waals surface area contributed by atoms with Crippen LogP contribution in [0.3, 0.4) is 0 Å². The minimum absolute atomic E-state index is 0.826. The highest BCUT2D eigenvalue weighted by Crippen LogP contribution is 2.27. The number of hydrogen-bond donors (Lipinski definition) is 0. The topological polar surface area (TPSA) is 46.8 Å². The van der Waals surface area contributed by atoms with E-state index in [9.17, 15) is 0 Å². The van der Waals surface area contributed by atoms with Gasteiger partial charge in [-0.2, -0.15) is 5.10 Å². The van der Waals surface area contributed by atoms with E-state index in [0.29, 0.717) is 0 Å². The van der Waals surface area contributed by atoms with Crippen molar-refractivity contribution in [2.45, 2.75) is 6.92 Å². The first kappa shape index (κ1) is 15.3. The van der Waals surface area contributed by atoms with Gasteiger partial charge in [0.2, 0.25) is 0 Å². The molecule has 0 saturated heterocycles. The highest BCUT2D eigenvalue weighted by atomic mass is 15.3. The first-order chi connectivity index (χ1) is 12.1. The molecule has 4 aromatic rings. The van der Waals surface area contributed by atoms with Gasteiger partial charge in [-0.05, 0) is 36.8 Å². The van der Waals surface area contributed by atoms with Gasteiger partial charge in [-0.3, -0.25) is 4.98 Å². The molecule has 25 heavy (non-hydrogen) atoms. The molecule has 0 aliphatic rings. The van der Waals surface area contributed by atoms with E-state index in [-0.39, 0.29) is 0 Å². The summed E-state index contributed by atoms with van der Waals surface area (Å²) in [6.07, 6.45) is 5.63. The van der Waals surface area contributed by atoms with Crippen LogP contribution in [0, 0.1) is 6.92 Å². The van der Waals surface area contributed by atoms with Crippen LogP contribution in [0.1, 0.15) is 5.69 Å². The van der Waals surface area contributed by atoms with E-state index in [1.165, 1.54) is 0 Å². The fraction of sp³-hybridized carbons (Fsp3) is 0.150. The zero-order valence-electron chi connectivity index (χ0n) is 14.5. The van der Waals surface area contributed by atoms with Crippen molar-refractivity contribution in [2.75, 3.05) is 19.0 Å². The summed E-state index contributed by atoms with van der Waals surface area (Å²) in [5, 5.41) is 5.60. The van der Waals surface area contributed by atoms with Gasteiger partial charge in [0.15, 0.2) is 5.82 Å². The molecule has 0 aliphatic carbocycles. The van der Waals surface area contributed by atoms with Gasteiger partial charge < -0.3 is 4.90 Å². The third-order valence-corrected chi connectivity index (χ3v) is 4.24. The summed E-state index contributed by atoms with van der Waals surface area (Å²) in [5.41, 5.74) is 5.27. The Kier molecular flexibility index (Phi) is 3.69. The average molecular weight is 329 g/mol. The van der Waals surface area contributed by atoms with Gasteiger partial charge in [0.25, 0.3) is 0 Å². The minimum atomic E-state index is 0.826. The van der Waals surface area contributed by atoms with Crippen LogP contribution < -0.4 is 4.90 Å². The molecular weight excluding hydrogens is 310 g/mol. The van der Waals surface area contributed by atoms with Crippen LogP contribution in [-0.4, -0.2) is 33.8 Å². The maximum absolute atomic E-state index is 4.59. The van der Waals surface area contributed by atoms with Crippen LogP contribution in [0.5, 0.6) is 0 Å². The third kappa shape index (κ3) is 2.85. The lowest BCUT2D eigenvalue weighted by atomic mass is 10.1. The Morgan fingerprint density at radius 3 is 2.60 bits per heavy atom. The number of hydrogen-bond acceptors (Lipinski definition) is 4. The maximum Gasteiger partial charge on any atom is 0.154 e. The number of anilines is 1. The molecule has 0 N–H and O–H groups in total. The summed E-state index contributed by atoms with van der Waals surface area (Å²) in [7, 11) is 4.03. The van der Waals surface area contributed by atoms with Gasteiger partial charge in [-0.25, -0.2) is 9.67 Å². The predicted molar refractivity (Wildman–Crippen MR) is 101 cm³/mol. The van der Waals surface area contributed by atoms with Crippen molar-refractivity contribution in [3.05, 3.63) is 66.7 Å². The van der Waals surface area contributed by atoms with Gasteiger partial charge >= 0.3 is 0 Å². The summed E-state index contributed by atoms with van der Waals surface area (Å²) in [4.78, 5) is 11.0. The lowest BCUT2D eigenvalue weighted by Crippen LogP contribution is -2.08. The lowest BCUT2D eigenvalue weighted by Gasteiger charge is -2.13. The van der Waals surface area contributed by atoms with Crippen LogP contribution in [0.15, 0.2) is 61.1 Å². The SMILES string of the molecule is Cc1cccc(-n2ncc3ccc(-c4cncc(N(C)C)c4)cc32)n1. The second kappa shape index (κ2) is 6.02. The summed E-state index contributed by atoms with van der Waals surface area (Å²) in [6.45, 7) is 1.99. The molecule has 3 heterocycles. The van der Waals surface area contributed by atoms with Crippen LogP contribution >= 0.6 is 0 Å². The van der Waals surface area contributed by atoms with E-state index in [1.807, 2.05) is 62.5 Å². The third-order valence-electron chi connectivity index (χ3n) is 4.24. The summed E-state index contributed by atoms with van der Waals surface area (Å²) in [6, 6.07) is 14.4. The second-order valence-electron chi connectivity index (χ2n) is 6.29. The molecular formula is C20H19N5. The Bertz CT molecular complexity index is 1050. The zero-order chi connectivity index (χ0) is 17.4. The number of aromatic nitrogens is 4. The molecule has 0 spiro atoms. The van der Waals surface area contributed by atoms with Gasteiger partial charge in [-0.1, -0.05) is 18.2 Å². The Balaban J connectivity index is 1.85. The van der Waals surface area contributed by atoms with Crippen molar-refractivity contribution in [3.8, 4) is 16.9 Å². The maximum atomic E-state index is 4.59. The fourth-order valence-electron chi connectivity index (χ4n) is 2.86. The van der Waals surface area contributed by atoms with Crippen molar-refractivity contribution in [3.63, 3.8) is 0 Å². The molecule has 3 aromatic heterocycles. The van der Waals surface area contributed by atoms with Gasteiger partial charge in [-0.15, -0.1) is 0 Å². The van der Waals surface area contributed by atoms with E-state index in [0.717, 1.165) is 39.2 Å². The number of aryl methyl sites for hydroxylation is 1. The molecule has 4 rings (SSSR count). The monoisotopic (exact) mass is 329 g/mol. The van der Waals surface area contributed by atoms with E-state index in [2.05, 4.69) is 44.2 Å². The van der Waals surface area contributed by atoms with Gasteiger partial charge in [0, 0.05) is 36.9 Å². The van der Waals surface area contributed by atoms with Crippen LogP contribution in [-0.2, 0) is 0 Å². The summed E-state index contributed by atoms with van der Waals surface area (Å²) < 4.78 is 1.88. The van der Waals surface area contributed by atoms with Crippen molar-refractivity contribution < 1.29 is 0 Å². The second-order valence-corrected chi connectivity index (χ2v) is 6.29. The van der Waals surface area contributed by atoms with Crippen LogP contribution in [0.4, 0.5) is 5.69 Å². The molecule has 0 radical (unpaired) electrons. The van der Waals surface area contributed by atoms with E-state index >= 15 is 0 Å². The van der Waals surface area contributed by atoms with Gasteiger partial charge in [0.1, 0.15) is 0 Å². The Hall–Kier alpha value is -3.21. The number of nitrogens with zero attached hydrogens (tertiary/aromatic N) is 5. The molecule has 0 aliphatic heterocycles. The van der Waals surface area contributed by atoms with Crippen molar-refractivity contribution in [1.29, 1.82) is 0 Å².